The highest BCUT2D eigenvalue weighted by molar-refractivity contribution is 6.31. The average molecular weight is 555 g/mol. The van der Waals surface area contributed by atoms with Crippen LogP contribution in [0, 0.1) is 6.92 Å². The van der Waals surface area contributed by atoms with Crippen molar-refractivity contribution in [2.24, 2.45) is 7.05 Å². The molecule has 0 radical (unpaired) electrons. The van der Waals surface area contributed by atoms with Gasteiger partial charge < -0.3 is 19.4 Å². The highest BCUT2D eigenvalue weighted by Crippen LogP contribution is 2.29. The van der Waals surface area contributed by atoms with E-state index in [4.69, 9.17) is 32.7 Å². The van der Waals surface area contributed by atoms with Crippen molar-refractivity contribution >= 4 is 40.5 Å². The van der Waals surface area contributed by atoms with Crippen LogP contribution >= 0.6 is 23.2 Å². The summed E-state index contributed by atoms with van der Waals surface area (Å²) in [5, 5.41) is 8.58. The Morgan fingerprint density at radius 3 is 2.50 bits per heavy atom. The van der Waals surface area contributed by atoms with E-state index in [1.807, 2.05) is 37.3 Å². The number of nitrogens with one attached hydrogen (secondary N) is 1. The maximum absolute atomic E-state index is 12.9. The molecule has 10 heteroatoms. The zero-order valence-electron chi connectivity index (χ0n) is 21.5. The predicted molar refractivity (Wildman–Crippen MR) is 149 cm³/mol. The minimum Gasteiger partial charge on any atom is -0.497 e. The molecule has 0 unspecified atom stereocenters. The van der Waals surface area contributed by atoms with Crippen LogP contribution in [0.4, 0.5) is 11.4 Å². The van der Waals surface area contributed by atoms with E-state index in [2.05, 4.69) is 10.4 Å². The Morgan fingerprint density at radius 1 is 1.11 bits per heavy atom. The van der Waals surface area contributed by atoms with Gasteiger partial charge in [0.15, 0.2) is 5.69 Å². The van der Waals surface area contributed by atoms with Gasteiger partial charge in [-0.25, -0.2) is 4.79 Å². The summed E-state index contributed by atoms with van der Waals surface area (Å²) in [6.07, 6.45) is 2.04. The van der Waals surface area contributed by atoms with Crippen molar-refractivity contribution in [3.8, 4) is 5.75 Å². The van der Waals surface area contributed by atoms with Crippen LogP contribution in [0.2, 0.25) is 10.0 Å². The Morgan fingerprint density at radius 2 is 1.84 bits per heavy atom. The van der Waals surface area contributed by atoms with Gasteiger partial charge in [-0.2, -0.15) is 5.10 Å². The lowest BCUT2D eigenvalue weighted by Crippen LogP contribution is -2.16. The number of carbonyl (C=O) groups excluding carboxylic acids is 1. The summed E-state index contributed by atoms with van der Waals surface area (Å²) in [5.74, 6) is 0.286. The number of methoxy groups -OCH3 is 1. The number of benzene rings is 2. The number of aromatic nitrogens is 3. The first kappa shape index (κ1) is 27.3. The number of pyridine rings is 1. The van der Waals surface area contributed by atoms with Crippen molar-refractivity contribution in [2.75, 3.05) is 19.0 Å². The number of nitrogens with zero attached hydrogens (tertiary/aromatic N) is 3. The van der Waals surface area contributed by atoms with Crippen molar-refractivity contribution in [1.82, 2.24) is 14.3 Å². The zero-order valence-corrected chi connectivity index (χ0v) is 23.1. The van der Waals surface area contributed by atoms with Crippen LogP contribution in [-0.2, 0) is 24.8 Å². The molecule has 2 aromatic carbocycles. The van der Waals surface area contributed by atoms with Gasteiger partial charge in [0.25, 0.3) is 5.56 Å². The van der Waals surface area contributed by atoms with E-state index in [0.29, 0.717) is 29.4 Å². The molecule has 8 nitrogen and oxygen atoms in total. The molecule has 0 amide bonds. The number of esters is 1. The summed E-state index contributed by atoms with van der Waals surface area (Å²) in [4.78, 5) is 24.9. The largest absolute Gasteiger partial charge is 0.497 e. The molecular weight excluding hydrogens is 527 g/mol. The summed E-state index contributed by atoms with van der Waals surface area (Å²) in [5.41, 5.74) is 4.79. The Bertz CT molecular complexity index is 1500. The minimum atomic E-state index is -0.479. The number of ether oxygens (including phenoxy) is 2. The lowest BCUT2D eigenvalue weighted by atomic mass is 10.0. The van der Waals surface area contributed by atoms with E-state index < -0.39 is 5.97 Å². The smallest absolute Gasteiger partial charge is 0.359 e. The molecule has 0 saturated carbocycles. The molecule has 38 heavy (non-hydrogen) atoms. The van der Waals surface area contributed by atoms with E-state index in [-0.39, 0.29) is 22.9 Å². The van der Waals surface area contributed by atoms with E-state index in [1.54, 1.807) is 50.2 Å². The molecule has 4 rings (SSSR count). The third-order valence-corrected chi connectivity index (χ3v) is 6.65. The van der Waals surface area contributed by atoms with Gasteiger partial charge in [0, 0.05) is 41.6 Å². The Labute approximate surface area is 230 Å². The van der Waals surface area contributed by atoms with Crippen LogP contribution < -0.4 is 15.6 Å². The van der Waals surface area contributed by atoms with Gasteiger partial charge in [-0.1, -0.05) is 41.4 Å². The predicted octanol–water partition coefficient (Wildman–Crippen LogP) is 5.77. The number of rotatable bonds is 9. The van der Waals surface area contributed by atoms with Crippen molar-refractivity contribution < 1.29 is 14.3 Å². The minimum absolute atomic E-state index is 0.0985. The van der Waals surface area contributed by atoms with E-state index in [9.17, 15) is 9.59 Å². The van der Waals surface area contributed by atoms with E-state index >= 15 is 0 Å². The van der Waals surface area contributed by atoms with Crippen molar-refractivity contribution in [1.29, 1.82) is 0 Å². The van der Waals surface area contributed by atoms with Crippen LogP contribution in [-0.4, -0.2) is 34.0 Å². The lowest BCUT2D eigenvalue weighted by Gasteiger charge is -2.14. The quantitative estimate of drug-likeness (QED) is 0.264. The van der Waals surface area contributed by atoms with Gasteiger partial charge >= 0.3 is 5.97 Å². The monoisotopic (exact) mass is 554 g/mol. The highest BCUT2D eigenvalue weighted by atomic mass is 35.5. The molecular formula is C28H28Cl2N4O4. The molecule has 198 valence electrons. The summed E-state index contributed by atoms with van der Waals surface area (Å²) in [6.45, 7) is 4.41. The normalized spacial score (nSPS) is 10.9. The maximum atomic E-state index is 12.9. The molecule has 0 atom stereocenters. The first-order chi connectivity index (χ1) is 18.2. The van der Waals surface area contributed by atoms with Crippen molar-refractivity contribution in [2.45, 2.75) is 26.8 Å². The van der Waals surface area contributed by atoms with Crippen molar-refractivity contribution in [3.05, 3.63) is 103 Å². The van der Waals surface area contributed by atoms with E-state index in [0.717, 1.165) is 28.1 Å². The van der Waals surface area contributed by atoms with Gasteiger partial charge in [-0.15, -0.1) is 0 Å². The van der Waals surface area contributed by atoms with Crippen LogP contribution in [0.3, 0.4) is 0 Å². The summed E-state index contributed by atoms with van der Waals surface area (Å²) in [6, 6.07) is 14.7. The lowest BCUT2D eigenvalue weighted by molar-refractivity contribution is 0.0517. The first-order valence-corrected chi connectivity index (χ1v) is 12.7. The fraction of sp³-hybridized carbons (Fsp3) is 0.250. The molecule has 0 aliphatic rings. The molecule has 0 spiro atoms. The van der Waals surface area contributed by atoms with Crippen LogP contribution in [0.5, 0.6) is 5.75 Å². The van der Waals surface area contributed by atoms with Gasteiger partial charge in [0.2, 0.25) is 0 Å². The second-order valence-electron chi connectivity index (χ2n) is 8.73. The standard InChI is InChI=1S/C28H28Cl2N4O4/c1-5-38-28(36)26-23(17(2)34(32-26)15-18-6-10-22(37-4)11-7-18)12-19-8-9-20(29)13-25(19)31-21-14-24(30)27(35)33(3)16-21/h6-11,13-14,16,31H,5,12,15H2,1-4H3. The molecule has 1 N–H and O–H groups in total. The fourth-order valence-electron chi connectivity index (χ4n) is 4.12. The molecule has 0 bridgehead atoms. The number of carbonyl (C=O) groups is 1. The van der Waals surface area contributed by atoms with Crippen LogP contribution in [0.1, 0.15) is 39.8 Å². The number of hydrogen-bond donors (Lipinski definition) is 1. The van der Waals surface area contributed by atoms with Gasteiger partial charge in [-0.3, -0.25) is 9.48 Å². The first-order valence-electron chi connectivity index (χ1n) is 12.0. The average Bonchev–Trinajstić information content (AvgIpc) is 3.19. The second-order valence-corrected chi connectivity index (χ2v) is 9.58. The molecule has 0 saturated heterocycles. The third kappa shape index (κ3) is 6.03. The van der Waals surface area contributed by atoms with E-state index in [1.165, 1.54) is 4.57 Å². The van der Waals surface area contributed by atoms with Gasteiger partial charge in [0.1, 0.15) is 10.8 Å². The molecule has 2 heterocycles. The molecule has 0 aliphatic heterocycles. The topological polar surface area (TPSA) is 87.4 Å². The van der Waals surface area contributed by atoms with Gasteiger partial charge in [0.05, 0.1) is 25.9 Å². The summed E-state index contributed by atoms with van der Waals surface area (Å²) in [7, 11) is 3.25. The molecule has 0 fully saturated rings. The highest BCUT2D eigenvalue weighted by Gasteiger charge is 2.23. The number of aryl methyl sites for hydroxylation is 1. The third-order valence-electron chi connectivity index (χ3n) is 6.15. The number of hydrogen-bond acceptors (Lipinski definition) is 6. The number of anilines is 2. The SMILES string of the molecule is CCOC(=O)c1nn(Cc2ccc(OC)cc2)c(C)c1Cc1ccc(Cl)cc1Nc1cc(Cl)c(=O)n(C)c1. The molecule has 4 aromatic rings. The van der Waals surface area contributed by atoms with Crippen molar-refractivity contribution in [3.63, 3.8) is 0 Å². The zero-order chi connectivity index (χ0) is 27.4. The van der Waals surface area contributed by atoms with Gasteiger partial charge in [-0.05, 0) is 55.3 Å². The number of halogens is 2. The maximum Gasteiger partial charge on any atom is 0.359 e. The molecule has 2 aromatic heterocycles. The summed E-state index contributed by atoms with van der Waals surface area (Å²) >= 11 is 12.4. The fourth-order valence-corrected chi connectivity index (χ4v) is 4.54. The van der Waals surface area contributed by atoms with Crippen LogP contribution in [0.15, 0.2) is 59.5 Å². The second kappa shape index (κ2) is 11.8. The Hall–Kier alpha value is -3.75. The Balaban J connectivity index is 1.72. The summed E-state index contributed by atoms with van der Waals surface area (Å²) < 4.78 is 13.8. The van der Waals surface area contributed by atoms with Crippen LogP contribution in [0.25, 0.3) is 0 Å². The Kier molecular flexibility index (Phi) is 8.44. The molecule has 0 aliphatic carbocycles.